The minimum Gasteiger partial charge on any atom is -0.382 e. The van der Waals surface area contributed by atoms with Gasteiger partial charge in [0.25, 0.3) is 0 Å². The third-order valence-electron chi connectivity index (χ3n) is 2.23. The fourth-order valence-corrected chi connectivity index (χ4v) is 1.47. The summed E-state index contributed by atoms with van der Waals surface area (Å²) >= 11 is 0. The SMILES string of the molecule is CCOCCc1cc2c(N)ncnn2c1. The monoisotopic (exact) mass is 206 g/mol. The molecular weight excluding hydrogens is 192 g/mol. The number of fused-ring (bicyclic) bond motifs is 1. The molecule has 0 aliphatic heterocycles. The van der Waals surface area contributed by atoms with Gasteiger partial charge < -0.3 is 10.5 Å². The normalized spacial score (nSPS) is 11.0. The van der Waals surface area contributed by atoms with E-state index in [1.165, 1.54) is 6.33 Å². The second-order valence-corrected chi connectivity index (χ2v) is 3.27. The number of rotatable bonds is 4. The quantitative estimate of drug-likeness (QED) is 0.754. The Morgan fingerprint density at radius 1 is 1.53 bits per heavy atom. The molecule has 0 amide bonds. The van der Waals surface area contributed by atoms with E-state index in [1.807, 2.05) is 19.2 Å². The van der Waals surface area contributed by atoms with Gasteiger partial charge >= 0.3 is 0 Å². The average Bonchev–Trinajstić information content (AvgIpc) is 2.63. The standard InChI is InChI=1S/C10H14N4O/c1-2-15-4-3-8-5-9-10(11)12-7-13-14(9)6-8/h5-7H,2-4H2,1H3,(H2,11,12,13). The van der Waals surface area contributed by atoms with Crippen LogP contribution in [-0.2, 0) is 11.2 Å². The summed E-state index contributed by atoms with van der Waals surface area (Å²) < 4.78 is 7.03. The van der Waals surface area contributed by atoms with Gasteiger partial charge in [0.15, 0.2) is 5.82 Å². The van der Waals surface area contributed by atoms with Crippen molar-refractivity contribution < 1.29 is 4.74 Å². The number of ether oxygens (including phenoxy) is 1. The van der Waals surface area contributed by atoms with Crippen LogP contribution in [0.1, 0.15) is 12.5 Å². The number of nitrogen functional groups attached to an aromatic ring is 1. The van der Waals surface area contributed by atoms with Crippen molar-refractivity contribution in [1.82, 2.24) is 14.6 Å². The zero-order chi connectivity index (χ0) is 10.7. The van der Waals surface area contributed by atoms with Crippen molar-refractivity contribution in [2.75, 3.05) is 18.9 Å². The molecular formula is C10H14N4O. The van der Waals surface area contributed by atoms with Crippen molar-refractivity contribution >= 4 is 11.3 Å². The fourth-order valence-electron chi connectivity index (χ4n) is 1.47. The minimum absolute atomic E-state index is 0.507. The van der Waals surface area contributed by atoms with Gasteiger partial charge in [-0.25, -0.2) is 9.50 Å². The molecule has 15 heavy (non-hydrogen) atoms. The first-order chi connectivity index (χ1) is 7.31. The van der Waals surface area contributed by atoms with E-state index >= 15 is 0 Å². The minimum atomic E-state index is 0.507. The molecule has 2 heterocycles. The molecule has 0 bridgehead atoms. The number of aromatic nitrogens is 3. The summed E-state index contributed by atoms with van der Waals surface area (Å²) in [5.74, 6) is 0.507. The Morgan fingerprint density at radius 2 is 2.40 bits per heavy atom. The van der Waals surface area contributed by atoms with Gasteiger partial charge in [0, 0.05) is 12.8 Å². The van der Waals surface area contributed by atoms with Crippen molar-refractivity contribution in [3.8, 4) is 0 Å². The van der Waals surface area contributed by atoms with Crippen LogP contribution in [-0.4, -0.2) is 27.8 Å². The molecule has 0 aliphatic carbocycles. The largest absolute Gasteiger partial charge is 0.382 e. The first-order valence-corrected chi connectivity index (χ1v) is 4.96. The van der Waals surface area contributed by atoms with E-state index < -0.39 is 0 Å². The van der Waals surface area contributed by atoms with Crippen LogP contribution < -0.4 is 5.73 Å². The molecule has 0 aliphatic rings. The van der Waals surface area contributed by atoms with Crippen LogP contribution in [0.4, 0.5) is 5.82 Å². The highest BCUT2D eigenvalue weighted by Gasteiger charge is 2.03. The molecule has 0 saturated carbocycles. The Morgan fingerprint density at radius 3 is 3.13 bits per heavy atom. The van der Waals surface area contributed by atoms with Crippen molar-refractivity contribution in [3.05, 3.63) is 24.2 Å². The highest BCUT2D eigenvalue weighted by atomic mass is 16.5. The van der Waals surface area contributed by atoms with Gasteiger partial charge in [0.2, 0.25) is 0 Å². The van der Waals surface area contributed by atoms with Crippen LogP contribution in [0.15, 0.2) is 18.6 Å². The van der Waals surface area contributed by atoms with Crippen LogP contribution in [0, 0.1) is 0 Å². The molecule has 5 heteroatoms. The molecule has 5 nitrogen and oxygen atoms in total. The molecule has 2 aromatic rings. The van der Waals surface area contributed by atoms with Crippen LogP contribution in [0.3, 0.4) is 0 Å². The van der Waals surface area contributed by atoms with Crippen LogP contribution in [0.25, 0.3) is 5.52 Å². The van der Waals surface area contributed by atoms with E-state index in [9.17, 15) is 0 Å². The lowest BCUT2D eigenvalue weighted by molar-refractivity contribution is 0.151. The molecule has 0 spiro atoms. The maximum absolute atomic E-state index is 5.72. The summed E-state index contributed by atoms with van der Waals surface area (Å²) in [6, 6.07) is 1.99. The second kappa shape index (κ2) is 4.27. The maximum atomic E-state index is 5.72. The molecule has 0 radical (unpaired) electrons. The Labute approximate surface area is 87.9 Å². The summed E-state index contributed by atoms with van der Waals surface area (Å²) in [4.78, 5) is 3.93. The smallest absolute Gasteiger partial charge is 0.151 e. The van der Waals surface area contributed by atoms with Gasteiger partial charge in [0.05, 0.1) is 6.61 Å². The fraction of sp³-hybridized carbons (Fsp3) is 0.400. The Bertz CT molecular complexity index is 452. The van der Waals surface area contributed by atoms with E-state index in [2.05, 4.69) is 10.1 Å². The van der Waals surface area contributed by atoms with Crippen LogP contribution in [0.2, 0.25) is 0 Å². The van der Waals surface area contributed by atoms with Crippen molar-refractivity contribution in [3.63, 3.8) is 0 Å². The predicted molar refractivity (Wildman–Crippen MR) is 57.6 cm³/mol. The molecule has 0 fully saturated rings. The van der Waals surface area contributed by atoms with Gasteiger partial charge in [0.1, 0.15) is 11.8 Å². The molecule has 2 N–H and O–H groups in total. The molecule has 0 unspecified atom stereocenters. The van der Waals surface area contributed by atoms with E-state index in [-0.39, 0.29) is 0 Å². The van der Waals surface area contributed by atoms with E-state index in [4.69, 9.17) is 10.5 Å². The van der Waals surface area contributed by atoms with E-state index in [0.29, 0.717) is 5.82 Å². The van der Waals surface area contributed by atoms with E-state index in [0.717, 1.165) is 30.7 Å². The van der Waals surface area contributed by atoms with Gasteiger partial charge in [-0.2, -0.15) is 5.10 Å². The third kappa shape index (κ3) is 2.07. The zero-order valence-corrected chi connectivity index (χ0v) is 8.68. The lowest BCUT2D eigenvalue weighted by atomic mass is 10.2. The van der Waals surface area contributed by atoms with Gasteiger partial charge in [-0.15, -0.1) is 0 Å². The number of nitrogens with two attached hydrogens (primary N) is 1. The van der Waals surface area contributed by atoms with Crippen molar-refractivity contribution in [2.24, 2.45) is 0 Å². The lowest BCUT2D eigenvalue weighted by Crippen LogP contribution is -1.97. The summed E-state index contributed by atoms with van der Waals surface area (Å²) in [6.45, 7) is 3.45. The Kier molecular flexibility index (Phi) is 2.82. The predicted octanol–water partition coefficient (Wildman–Crippen LogP) is 0.890. The van der Waals surface area contributed by atoms with Crippen LogP contribution >= 0.6 is 0 Å². The highest BCUT2D eigenvalue weighted by Crippen LogP contribution is 2.13. The van der Waals surface area contributed by atoms with Gasteiger partial charge in [-0.1, -0.05) is 0 Å². The Hall–Kier alpha value is -1.62. The molecule has 0 atom stereocenters. The van der Waals surface area contributed by atoms with Crippen molar-refractivity contribution in [1.29, 1.82) is 0 Å². The third-order valence-corrected chi connectivity index (χ3v) is 2.23. The summed E-state index contributed by atoms with van der Waals surface area (Å²) in [5.41, 5.74) is 7.73. The first-order valence-electron chi connectivity index (χ1n) is 4.96. The van der Waals surface area contributed by atoms with Crippen molar-refractivity contribution in [2.45, 2.75) is 13.3 Å². The first kappa shape index (κ1) is 9.92. The summed E-state index contributed by atoms with van der Waals surface area (Å²) in [6.07, 6.45) is 4.28. The molecule has 2 rings (SSSR count). The lowest BCUT2D eigenvalue weighted by Gasteiger charge is -1.96. The van der Waals surface area contributed by atoms with E-state index in [1.54, 1.807) is 4.52 Å². The molecule has 0 saturated heterocycles. The molecule has 80 valence electrons. The number of anilines is 1. The molecule has 2 aromatic heterocycles. The zero-order valence-electron chi connectivity index (χ0n) is 8.68. The number of hydrogen-bond donors (Lipinski definition) is 1. The molecule has 0 aromatic carbocycles. The highest BCUT2D eigenvalue weighted by molar-refractivity contribution is 5.65. The van der Waals surface area contributed by atoms with Gasteiger partial charge in [-0.05, 0) is 25.0 Å². The topological polar surface area (TPSA) is 65.4 Å². The summed E-state index contributed by atoms with van der Waals surface area (Å²) in [5, 5.41) is 4.08. The number of nitrogens with zero attached hydrogens (tertiary/aromatic N) is 3. The van der Waals surface area contributed by atoms with Crippen LogP contribution in [0.5, 0.6) is 0 Å². The maximum Gasteiger partial charge on any atom is 0.151 e. The summed E-state index contributed by atoms with van der Waals surface area (Å²) in [7, 11) is 0. The average molecular weight is 206 g/mol. The second-order valence-electron chi connectivity index (χ2n) is 3.27. The van der Waals surface area contributed by atoms with Gasteiger partial charge in [-0.3, -0.25) is 0 Å². The Balaban J connectivity index is 2.20. The number of hydrogen-bond acceptors (Lipinski definition) is 4.